The summed E-state index contributed by atoms with van der Waals surface area (Å²) in [5.41, 5.74) is 0.476. The number of nitrogens with zero attached hydrogens (tertiary/aromatic N) is 1. The summed E-state index contributed by atoms with van der Waals surface area (Å²) in [6.07, 6.45) is 1.30. The average Bonchev–Trinajstić information content (AvgIpc) is 2.57. The SMILES string of the molecule is COCC(CNCC(C)C)N1CCC(C)(C)C1. The van der Waals surface area contributed by atoms with E-state index in [1.807, 2.05) is 0 Å². The van der Waals surface area contributed by atoms with Crippen molar-refractivity contribution in [2.45, 2.75) is 40.2 Å². The lowest BCUT2D eigenvalue weighted by atomic mass is 9.93. The molecule has 1 rings (SSSR count). The molecule has 0 amide bonds. The highest BCUT2D eigenvalue weighted by molar-refractivity contribution is 4.87. The molecule has 0 saturated carbocycles. The second-order valence-electron chi connectivity index (χ2n) is 6.55. The number of rotatable bonds is 7. The minimum absolute atomic E-state index is 0.476. The van der Waals surface area contributed by atoms with E-state index < -0.39 is 0 Å². The van der Waals surface area contributed by atoms with Crippen LogP contribution in [0.15, 0.2) is 0 Å². The van der Waals surface area contributed by atoms with Crippen LogP contribution in [0, 0.1) is 11.3 Å². The Kier molecular flexibility index (Phi) is 5.90. The fourth-order valence-electron chi connectivity index (χ4n) is 2.49. The van der Waals surface area contributed by atoms with Crippen LogP contribution in [0.2, 0.25) is 0 Å². The second-order valence-corrected chi connectivity index (χ2v) is 6.55. The highest BCUT2D eigenvalue weighted by atomic mass is 16.5. The topological polar surface area (TPSA) is 24.5 Å². The largest absolute Gasteiger partial charge is 0.383 e. The van der Waals surface area contributed by atoms with Gasteiger partial charge >= 0.3 is 0 Å². The Balaban J connectivity index is 2.37. The van der Waals surface area contributed by atoms with Gasteiger partial charge in [0.1, 0.15) is 0 Å². The average molecular weight is 242 g/mol. The summed E-state index contributed by atoms with van der Waals surface area (Å²) in [4.78, 5) is 2.58. The summed E-state index contributed by atoms with van der Waals surface area (Å²) in [6.45, 7) is 14.6. The molecule has 1 unspecified atom stereocenters. The normalized spacial score (nSPS) is 22.2. The molecule has 0 aromatic heterocycles. The predicted octanol–water partition coefficient (Wildman–Crippen LogP) is 1.98. The van der Waals surface area contributed by atoms with Crippen molar-refractivity contribution in [1.29, 1.82) is 0 Å². The first-order valence-corrected chi connectivity index (χ1v) is 6.88. The van der Waals surface area contributed by atoms with Gasteiger partial charge in [0.25, 0.3) is 0 Å². The summed E-state index contributed by atoms with van der Waals surface area (Å²) in [6, 6.07) is 0.528. The molecule has 0 spiro atoms. The van der Waals surface area contributed by atoms with Crippen molar-refractivity contribution in [3.05, 3.63) is 0 Å². The Morgan fingerprint density at radius 2 is 2.00 bits per heavy atom. The van der Waals surface area contributed by atoms with Gasteiger partial charge in [0.15, 0.2) is 0 Å². The molecule has 0 bridgehead atoms. The summed E-state index contributed by atoms with van der Waals surface area (Å²) >= 11 is 0. The molecule has 3 nitrogen and oxygen atoms in total. The van der Waals surface area contributed by atoms with Crippen LogP contribution in [0.3, 0.4) is 0 Å². The number of hydrogen-bond acceptors (Lipinski definition) is 3. The molecule has 1 atom stereocenters. The zero-order valence-electron chi connectivity index (χ0n) is 12.3. The van der Waals surface area contributed by atoms with Crippen molar-refractivity contribution in [2.24, 2.45) is 11.3 Å². The Morgan fingerprint density at radius 3 is 2.47 bits per heavy atom. The summed E-state index contributed by atoms with van der Waals surface area (Å²) < 4.78 is 5.36. The van der Waals surface area contributed by atoms with E-state index in [-0.39, 0.29) is 0 Å². The van der Waals surface area contributed by atoms with Gasteiger partial charge in [-0.2, -0.15) is 0 Å². The Morgan fingerprint density at radius 1 is 1.29 bits per heavy atom. The number of ether oxygens (including phenoxy) is 1. The van der Waals surface area contributed by atoms with Crippen molar-refractivity contribution >= 4 is 0 Å². The lowest BCUT2D eigenvalue weighted by Crippen LogP contribution is -2.45. The third-order valence-corrected chi connectivity index (χ3v) is 3.51. The van der Waals surface area contributed by atoms with Gasteiger partial charge in [-0.3, -0.25) is 4.90 Å². The molecule has 0 radical (unpaired) electrons. The lowest BCUT2D eigenvalue weighted by molar-refractivity contribution is 0.0978. The number of likely N-dealkylation sites (tertiary alicyclic amines) is 1. The molecule has 3 heteroatoms. The van der Waals surface area contributed by atoms with E-state index in [0.29, 0.717) is 17.4 Å². The highest BCUT2D eigenvalue weighted by Gasteiger charge is 2.32. The third-order valence-electron chi connectivity index (χ3n) is 3.51. The van der Waals surface area contributed by atoms with Gasteiger partial charge in [0.2, 0.25) is 0 Å². The van der Waals surface area contributed by atoms with Gasteiger partial charge in [-0.1, -0.05) is 27.7 Å². The zero-order valence-corrected chi connectivity index (χ0v) is 12.3. The highest BCUT2D eigenvalue weighted by Crippen LogP contribution is 2.29. The Bertz CT molecular complexity index is 216. The van der Waals surface area contributed by atoms with Crippen molar-refractivity contribution < 1.29 is 4.74 Å². The quantitative estimate of drug-likeness (QED) is 0.739. The van der Waals surface area contributed by atoms with Crippen LogP contribution in [0.5, 0.6) is 0 Å². The van der Waals surface area contributed by atoms with E-state index in [9.17, 15) is 0 Å². The smallest absolute Gasteiger partial charge is 0.0630 e. The molecule has 1 fully saturated rings. The lowest BCUT2D eigenvalue weighted by Gasteiger charge is -2.29. The van der Waals surface area contributed by atoms with Gasteiger partial charge in [-0.25, -0.2) is 0 Å². The Labute approximate surface area is 107 Å². The molecule has 17 heavy (non-hydrogen) atoms. The fraction of sp³-hybridized carbons (Fsp3) is 1.00. The first-order valence-electron chi connectivity index (χ1n) is 6.88. The van der Waals surface area contributed by atoms with Crippen LogP contribution in [0.25, 0.3) is 0 Å². The van der Waals surface area contributed by atoms with E-state index in [4.69, 9.17) is 4.74 Å². The fourth-order valence-corrected chi connectivity index (χ4v) is 2.49. The van der Waals surface area contributed by atoms with Crippen LogP contribution < -0.4 is 5.32 Å². The van der Waals surface area contributed by atoms with Crippen LogP contribution in [-0.4, -0.2) is 50.8 Å². The molecule has 0 aromatic carbocycles. The van der Waals surface area contributed by atoms with Crippen molar-refractivity contribution in [1.82, 2.24) is 10.2 Å². The molecular weight excluding hydrogens is 212 g/mol. The van der Waals surface area contributed by atoms with E-state index in [0.717, 1.165) is 19.7 Å². The minimum atomic E-state index is 0.476. The van der Waals surface area contributed by atoms with E-state index in [1.54, 1.807) is 7.11 Å². The third kappa shape index (κ3) is 5.36. The summed E-state index contributed by atoms with van der Waals surface area (Å²) in [5.74, 6) is 0.716. The minimum Gasteiger partial charge on any atom is -0.383 e. The van der Waals surface area contributed by atoms with Crippen molar-refractivity contribution in [3.8, 4) is 0 Å². The number of nitrogens with one attached hydrogen (secondary N) is 1. The van der Waals surface area contributed by atoms with E-state index >= 15 is 0 Å². The first-order chi connectivity index (χ1) is 7.94. The maximum absolute atomic E-state index is 5.36. The number of hydrogen-bond donors (Lipinski definition) is 1. The maximum atomic E-state index is 5.36. The molecule has 1 heterocycles. The van der Waals surface area contributed by atoms with Gasteiger partial charge in [0, 0.05) is 26.2 Å². The summed E-state index contributed by atoms with van der Waals surface area (Å²) in [7, 11) is 1.80. The van der Waals surface area contributed by atoms with Crippen molar-refractivity contribution in [2.75, 3.05) is 39.9 Å². The monoisotopic (exact) mass is 242 g/mol. The molecule has 1 aliphatic heterocycles. The number of methoxy groups -OCH3 is 1. The van der Waals surface area contributed by atoms with E-state index in [2.05, 4.69) is 37.9 Å². The van der Waals surface area contributed by atoms with E-state index in [1.165, 1.54) is 19.5 Å². The van der Waals surface area contributed by atoms with Crippen LogP contribution >= 0.6 is 0 Å². The standard InChI is InChI=1S/C14H30N2O/c1-12(2)8-15-9-13(10-17-5)16-7-6-14(3,4)11-16/h12-13,15H,6-11H2,1-5H3. The molecule has 1 aliphatic rings. The zero-order chi connectivity index (χ0) is 12.9. The second kappa shape index (κ2) is 6.72. The molecule has 102 valence electrons. The van der Waals surface area contributed by atoms with Gasteiger partial charge in [-0.05, 0) is 30.8 Å². The molecular formula is C14H30N2O. The van der Waals surface area contributed by atoms with Gasteiger partial charge in [0.05, 0.1) is 6.61 Å². The molecule has 1 saturated heterocycles. The molecule has 0 aromatic rings. The van der Waals surface area contributed by atoms with Crippen LogP contribution in [0.4, 0.5) is 0 Å². The molecule has 1 N–H and O–H groups in total. The molecule has 0 aliphatic carbocycles. The maximum Gasteiger partial charge on any atom is 0.0630 e. The predicted molar refractivity (Wildman–Crippen MR) is 73.3 cm³/mol. The van der Waals surface area contributed by atoms with Crippen LogP contribution in [0.1, 0.15) is 34.1 Å². The summed E-state index contributed by atoms with van der Waals surface area (Å²) in [5, 5.41) is 3.55. The van der Waals surface area contributed by atoms with Crippen LogP contribution in [-0.2, 0) is 4.74 Å². The van der Waals surface area contributed by atoms with Gasteiger partial charge in [-0.15, -0.1) is 0 Å². The van der Waals surface area contributed by atoms with Gasteiger partial charge < -0.3 is 10.1 Å². The Hall–Kier alpha value is -0.120. The first kappa shape index (κ1) is 14.9. The van der Waals surface area contributed by atoms with Crippen molar-refractivity contribution in [3.63, 3.8) is 0 Å².